The molecule has 31 heavy (non-hydrogen) atoms. The van der Waals surface area contributed by atoms with E-state index in [1.807, 2.05) is 58.1 Å². The van der Waals surface area contributed by atoms with Crippen molar-refractivity contribution in [3.05, 3.63) is 65.5 Å². The molecule has 3 heterocycles. The third-order valence-electron chi connectivity index (χ3n) is 6.27. The Balaban J connectivity index is 1.35. The van der Waals surface area contributed by atoms with Gasteiger partial charge in [-0.2, -0.15) is 0 Å². The first-order chi connectivity index (χ1) is 15.0. The summed E-state index contributed by atoms with van der Waals surface area (Å²) in [4.78, 5) is 30.5. The molecule has 0 spiro atoms. The Labute approximate surface area is 180 Å². The number of aromatic amines is 1. The molecule has 1 N–H and O–H groups in total. The maximum Gasteiger partial charge on any atom is 0.224 e. The van der Waals surface area contributed by atoms with E-state index >= 15 is 0 Å². The molecule has 158 valence electrons. The third kappa shape index (κ3) is 3.38. The number of aromatic nitrogens is 2. The molecule has 6 heteroatoms. The van der Waals surface area contributed by atoms with Gasteiger partial charge in [-0.05, 0) is 31.2 Å². The maximum atomic E-state index is 13.0. The van der Waals surface area contributed by atoms with Crippen LogP contribution in [-0.2, 0) is 24.3 Å². The van der Waals surface area contributed by atoms with Crippen LogP contribution in [0.4, 0.5) is 0 Å². The molecule has 0 unspecified atom stereocenters. The van der Waals surface area contributed by atoms with Gasteiger partial charge in [0.15, 0.2) is 5.78 Å². The second kappa shape index (κ2) is 7.61. The van der Waals surface area contributed by atoms with Gasteiger partial charge in [-0.25, -0.2) is 0 Å². The number of nitrogens with one attached hydrogen (secondary N) is 1. The molecule has 1 aliphatic heterocycles. The summed E-state index contributed by atoms with van der Waals surface area (Å²) in [5, 5.41) is 2.06. The van der Waals surface area contributed by atoms with Gasteiger partial charge in [0.25, 0.3) is 0 Å². The average Bonchev–Trinajstić information content (AvgIpc) is 3.35. The minimum Gasteiger partial charge on any atom is -0.497 e. The predicted octanol–water partition coefficient (Wildman–Crippen LogP) is 4.31. The van der Waals surface area contributed by atoms with Gasteiger partial charge in [0.1, 0.15) is 5.75 Å². The number of carbonyl (C=O) groups is 2. The lowest BCUT2D eigenvalue weighted by Gasteiger charge is -2.27. The summed E-state index contributed by atoms with van der Waals surface area (Å²) in [6, 6.07) is 13.9. The van der Waals surface area contributed by atoms with Crippen LogP contribution < -0.4 is 4.74 Å². The molecular weight excluding hydrogens is 390 g/mol. The summed E-state index contributed by atoms with van der Waals surface area (Å²) < 4.78 is 7.40. The number of benzene rings is 2. The zero-order valence-corrected chi connectivity index (χ0v) is 17.8. The quantitative estimate of drug-likeness (QED) is 0.494. The minimum atomic E-state index is 0.0413. The van der Waals surface area contributed by atoms with E-state index in [1.54, 1.807) is 14.0 Å². The fourth-order valence-electron chi connectivity index (χ4n) is 4.62. The van der Waals surface area contributed by atoms with Gasteiger partial charge < -0.3 is 19.2 Å². The van der Waals surface area contributed by atoms with Gasteiger partial charge in [0.2, 0.25) is 5.91 Å². The van der Waals surface area contributed by atoms with E-state index < -0.39 is 0 Å². The first kappa shape index (κ1) is 19.4. The zero-order chi connectivity index (χ0) is 21.5. The second-order valence-corrected chi connectivity index (χ2v) is 8.12. The van der Waals surface area contributed by atoms with Gasteiger partial charge in [-0.1, -0.05) is 18.2 Å². The molecule has 1 aliphatic rings. The van der Waals surface area contributed by atoms with E-state index in [-0.39, 0.29) is 11.7 Å². The fraction of sp³-hybridized carbons (Fsp3) is 0.280. The molecule has 0 fully saturated rings. The van der Waals surface area contributed by atoms with Crippen LogP contribution in [0.3, 0.4) is 0 Å². The summed E-state index contributed by atoms with van der Waals surface area (Å²) in [5.74, 6) is 0.989. The molecule has 0 saturated carbocycles. The molecule has 5 rings (SSSR count). The Kier molecular flexibility index (Phi) is 4.77. The van der Waals surface area contributed by atoms with Crippen LogP contribution in [0.15, 0.2) is 48.7 Å². The number of ether oxygens (including phenoxy) is 1. The normalized spacial score (nSPS) is 13.5. The highest BCUT2D eigenvalue weighted by Gasteiger charge is 2.24. The molecule has 0 aliphatic carbocycles. The second-order valence-electron chi connectivity index (χ2n) is 8.12. The van der Waals surface area contributed by atoms with Gasteiger partial charge in [0.05, 0.1) is 7.11 Å². The number of aryl methyl sites for hydroxylation is 1. The maximum absolute atomic E-state index is 13.0. The first-order valence-electron chi connectivity index (χ1n) is 10.6. The summed E-state index contributed by atoms with van der Waals surface area (Å²) in [6.45, 7) is 3.45. The van der Waals surface area contributed by atoms with Crippen molar-refractivity contribution in [1.29, 1.82) is 0 Å². The number of hydrogen-bond donors (Lipinski definition) is 1. The molecule has 1 amide bonds. The molecule has 0 radical (unpaired) electrons. The Morgan fingerprint density at radius 3 is 2.77 bits per heavy atom. The van der Waals surface area contributed by atoms with Crippen molar-refractivity contribution >= 4 is 33.5 Å². The van der Waals surface area contributed by atoms with E-state index in [1.165, 1.54) is 11.3 Å². The average molecular weight is 415 g/mol. The smallest absolute Gasteiger partial charge is 0.224 e. The minimum absolute atomic E-state index is 0.0413. The largest absolute Gasteiger partial charge is 0.497 e. The number of hydrogen-bond acceptors (Lipinski definition) is 3. The lowest BCUT2D eigenvalue weighted by molar-refractivity contribution is -0.132. The topological polar surface area (TPSA) is 67.3 Å². The van der Waals surface area contributed by atoms with Gasteiger partial charge in [0, 0.05) is 77.3 Å². The number of Topliss-reactive ketones (excluding diaryl/α,β-unsaturated/α-hetero) is 1. The SMILES string of the molecule is COc1ccc2[nH]c3c(c2c1)CN(C(=O)CCn1cc(C(C)=O)c2ccccc21)CC3. The van der Waals surface area contributed by atoms with Crippen LogP contribution in [0.5, 0.6) is 5.75 Å². The van der Waals surface area contributed by atoms with Crippen LogP contribution in [-0.4, -0.2) is 39.8 Å². The number of carbonyl (C=O) groups excluding carboxylic acids is 2. The number of fused-ring (bicyclic) bond motifs is 4. The zero-order valence-electron chi connectivity index (χ0n) is 17.8. The van der Waals surface area contributed by atoms with Gasteiger partial charge in [-0.15, -0.1) is 0 Å². The van der Waals surface area contributed by atoms with Crippen molar-refractivity contribution < 1.29 is 14.3 Å². The van der Waals surface area contributed by atoms with Crippen LogP contribution in [0.2, 0.25) is 0 Å². The molecule has 6 nitrogen and oxygen atoms in total. The van der Waals surface area contributed by atoms with Gasteiger partial charge in [-0.3, -0.25) is 9.59 Å². The Hall–Kier alpha value is -3.54. The molecule has 0 saturated heterocycles. The predicted molar refractivity (Wildman–Crippen MR) is 121 cm³/mol. The standard InChI is InChI=1S/C25H25N3O3/c1-16(29)20-14-27(24-6-4-3-5-18(20)24)12-10-25(30)28-11-9-23-21(15-28)19-13-17(31-2)7-8-22(19)26-23/h3-8,13-14,26H,9-12,15H2,1-2H3. The van der Waals surface area contributed by atoms with Crippen LogP contribution in [0.1, 0.15) is 35.0 Å². The molecular formula is C25H25N3O3. The third-order valence-corrected chi connectivity index (χ3v) is 6.27. The lowest BCUT2D eigenvalue weighted by Crippen LogP contribution is -2.36. The van der Waals surface area contributed by atoms with Crippen molar-refractivity contribution in [2.24, 2.45) is 0 Å². The summed E-state index contributed by atoms with van der Waals surface area (Å²) in [7, 11) is 1.67. The molecule has 0 atom stereocenters. The Morgan fingerprint density at radius 1 is 1.13 bits per heavy atom. The van der Waals surface area contributed by atoms with E-state index in [9.17, 15) is 9.59 Å². The number of methoxy groups -OCH3 is 1. The Morgan fingerprint density at radius 2 is 1.97 bits per heavy atom. The summed E-state index contributed by atoms with van der Waals surface area (Å²) in [5.41, 5.74) is 5.16. The van der Waals surface area contributed by atoms with E-state index in [0.717, 1.165) is 34.0 Å². The van der Waals surface area contributed by atoms with Crippen molar-refractivity contribution in [3.8, 4) is 5.75 Å². The molecule has 2 aromatic heterocycles. The van der Waals surface area contributed by atoms with E-state index in [4.69, 9.17) is 4.74 Å². The van der Waals surface area contributed by atoms with Gasteiger partial charge >= 0.3 is 0 Å². The highest BCUT2D eigenvalue weighted by molar-refractivity contribution is 6.07. The summed E-state index contributed by atoms with van der Waals surface area (Å²) in [6.07, 6.45) is 3.09. The van der Waals surface area contributed by atoms with Crippen molar-refractivity contribution in [2.75, 3.05) is 13.7 Å². The van der Waals surface area contributed by atoms with Crippen molar-refractivity contribution in [3.63, 3.8) is 0 Å². The van der Waals surface area contributed by atoms with Crippen molar-refractivity contribution in [2.45, 2.75) is 32.9 Å². The van der Waals surface area contributed by atoms with Crippen LogP contribution in [0, 0.1) is 0 Å². The number of para-hydroxylation sites is 1. The number of ketones is 1. The van der Waals surface area contributed by atoms with Crippen LogP contribution >= 0.6 is 0 Å². The van der Waals surface area contributed by atoms with E-state index in [0.29, 0.717) is 31.6 Å². The monoisotopic (exact) mass is 415 g/mol. The lowest BCUT2D eigenvalue weighted by atomic mass is 10.0. The highest BCUT2D eigenvalue weighted by Crippen LogP contribution is 2.31. The first-order valence-corrected chi connectivity index (χ1v) is 10.6. The van der Waals surface area contributed by atoms with Crippen LogP contribution in [0.25, 0.3) is 21.8 Å². The summed E-state index contributed by atoms with van der Waals surface area (Å²) >= 11 is 0. The highest BCUT2D eigenvalue weighted by atomic mass is 16.5. The van der Waals surface area contributed by atoms with Crippen molar-refractivity contribution in [1.82, 2.24) is 14.5 Å². The Bertz CT molecular complexity index is 1310. The number of nitrogens with zero attached hydrogens (tertiary/aromatic N) is 2. The number of amides is 1. The number of rotatable bonds is 5. The molecule has 2 aromatic carbocycles. The van der Waals surface area contributed by atoms with E-state index in [2.05, 4.69) is 4.98 Å². The fourth-order valence-corrected chi connectivity index (χ4v) is 4.62. The number of H-pyrrole nitrogens is 1. The molecule has 4 aromatic rings. The molecule has 0 bridgehead atoms.